The van der Waals surface area contributed by atoms with Gasteiger partial charge in [0.1, 0.15) is 22.9 Å². The molecule has 0 saturated carbocycles. The Balaban J connectivity index is 2.02. The molecule has 0 aliphatic heterocycles. The van der Waals surface area contributed by atoms with Gasteiger partial charge in [-0.05, 0) is 31.0 Å². The first-order valence-electron chi connectivity index (χ1n) is 8.06. The number of nitrogens with one attached hydrogen (secondary N) is 1. The molecule has 0 unspecified atom stereocenters. The fraction of sp³-hybridized carbons (Fsp3) is 0.353. The van der Waals surface area contributed by atoms with E-state index in [4.69, 9.17) is 10.1 Å². The summed E-state index contributed by atoms with van der Waals surface area (Å²) >= 11 is 0. The van der Waals surface area contributed by atoms with E-state index in [1.54, 1.807) is 4.68 Å². The molecule has 3 aromatic rings. The van der Waals surface area contributed by atoms with E-state index in [9.17, 15) is 4.79 Å². The number of anilines is 1. The maximum Gasteiger partial charge on any atom is 0.303 e. The van der Waals surface area contributed by atoms with E-state index in [-0.39, 0.29) is 6.42 Å². The van der Waals surface area contributed by atoms with Gasteiger partial charge in [-0.25, -0.2) is 4.98 Å². The maximum atomic E-state index is 10.7. The van der Waals surface area contributed by atoms with Crippen LogP contribution in [0.4, 0.5) is 5.82 Å². The molecule has 3 rings (SSSR count). The van der Waals surface area contributed by atoms with E-state index in [1.807, 2.05) is 31.4 Å². The summed E-state index contributed by atoms with van der Waals surface area (Å²) in [7, 11) is 1.87. The van der Waals surface area contributed by atoms with E-state index in [2.05, 4.69) is 27.8 Å². The third-order valence-corrected chi connectivity index (χ3v) is 3.90. The summed E-state index contributed by atoms with van der Waals surface area (Å²) in [4.78, 5) is 15.4. The molecule has 0 aliphatic rings. The molecule has 2 N–H and O–H groups in total. The van der Waals surface area contributed by atoms with Crippen LogP contribution >= 0.6 is 0 Å². The first kappa shape index (κ1) is 16.0. The lowest BCUT2D eigenvalue weighted by atomic mass is 10.2. The van der Waals surface area contributed by atoms with Crippen LogP contribution < -0.4 is 5.32 Å². The van der Waals surface area contributed by atoms with Crippen molar-refractivity contribution >= 4 is 17.4 Å². The molecule has 3 aromatic heterocycles. The van der Waals surface area contributed by atoms with Crippen molar-refractivity contribution in [1.82, 2.24) is 19.2 Å². The minimum absolute atomic E-state index is 0.142. The van der Waals surface area contributed by atoms with Gasteiger partial charge in [0.2, 0.25) is 0 Å². The first-order chi connectivity index (χ1) is 11.6. The number of carboxylic acid groups (broad SMARTS) is 1. The van der Waals surface area contributed by atoms with Gasteiger partial charge in [0, 0.05) is 31.9 Å². The molecule has 7 nitrogen and oxygen atoms in total. The molecular weight excluding hydrogens is 306 g/mol. The highest BCUT2D eigenvalue weighted by atomic mass is 16.4. The molecule has 0 bridgehead atoms. The second kappa shape index (κ2) is 6.74. The number of carboxylic acids is 1. The number of pyridine rings is 1. The molecule has 0 fully saturated rings. The van der Waals surface area contributed by atoms with Crippen LogP contribution in [0, 0.1) is 0 Å². The molecule has 24 heavy (non-hydrogen) atoms. The quantitative estimate of drug-likeness (QED) is 0.652. The highest BCUT2D eigenvalue weighted by molar-refractivity contribution is 5.74. The van der Waals surface area contributed by atoms with E-state index in [0.29, 0.717) is 13.0 Å². The molecule has 0 aliphatic carbocycles. The monoisotopic (exact) mass is 327 g/mol. The van der Waals surface area contributed by atoms with Crippen LogP contribution in [0.2, 0.25) is 0 Å². The number of aromatic nitrogens is 4. The Morgan fingerprint density at radius 3 is 2.83 bits per heavy atom. The lowest BCUT2D eigenvalue weighted by Crippen LogP contribution is -2.09. The maximum absolute atomic E-state index is 10.7. The second-order valence-corrected chi connectivity index (χ2v) is 5.67. The summed E-state index contributed by atoms with van der Waals surface area (Å²) in [6.45, 7) is 2.67. The highest BCUT2D eigenvalue weighted by Gasteiger charge is 2.17. The molecule has 3 heterocycles. The van der Waals surface area contributed by atoms with Gasteiger partial charge in [-0.1, -0.05) is 13.0 Å². The number of nitrogens with zero attached hydrogens (tertiary/aromatic N) is 4. The summed E-state index contributed by atoms with van der Waals surface area (Å²) in [5, 5.41) is 16.6. The zero-order valence-electron chi connectivity index (χ0n) is 13.9. The number of imidazole rings is 1. The van der Waals surface area contributed by atoms with E-state index in [0.717, 1.165) is 35.0 Å². The Hall–Kier alpha value is -2.83. The number of hydrogen-bond donors (Lipinski definition) is 2. The van der Waals surface area contributed by atoms with Crippen molar-refractivity contribution < 1.29 is 9.90 Å². The number of rotatable bonds is 7. The number of fused-ring (bicyclic) bond motifs is 1. The third-order valence-electron chi connectivity index (χ3n) is 3.90. The number of aryl methyl sites for hydroxylation is 2. The lowest BCUT2D eigenvalue weighted by Gasteiger charge is -2.10. The summed E-state index contributed by atoms with van der Waals surface area (Å²) in [5.41, 5.74) is 3.58. The molecule has 126 valence electrons. The van der Waals surface area contributed by atoms with Gasteiger partial charge in [0.15, 0.2) is 0 Å². The molecule has 0 saturated heterocycles. The predicted octanol–water partition coefficient (Wildman–Crippen LogP) is 2.57. The van der Waals surface area contributed by atoms with Crippen LogP contribution in [0.1, 0.15) is 25.5 Å². The first-order valence-corrected chi connectivity index (χ1v) is 8.06. The Labute approximate surface area is 139 Å². The van der Waals surface area contributed by atoms with Crippen molar-refractivity contribution in [1.29, 1.82) is 0 Å². The average Bonchev–Trinajstić information content (AvgIpc) is 3.14. The fourth-order valence-corrected chi connectivity index (χ4v) is 2.77. The zero-order valence-corrected chi connectivity index (χ0v) is 13.9. The summed E-state index contributed by atoms with van der Waals surface area (Å²) in [6, 6.07) is 7.96. The normalized spacial score (nSPS) is 11.1. The Bertz CT molecular complexity index is 865. The average molecular weight is 327 g/mol. The van der Waals surface area contributed by atoms with Crippen LogP contribution in [0.25, 0.3) is 17.0 Å². The predicted molar refractivity (Wildman–Crippen MR) is 92.1 cm³/mol. The number of carbonyl (C=O) groups is 1. The van der Waals surface area contributed by atoms with Gasteiger partial charge >= 0.3 is 5.97 Å². The van der Waals surface area contributed by atoms with Crippen LogP contribution in [0.15, 0.2) is 30.5 Å². The van der Waals surface area contributed by atoms with Gasteiger partial charge in [-0.2, -0.15) is 5.10 Å². The van der Waals surface area contributed by atoms with Crippen molar-refractivity contribution in [2.24, 2.45) is 7.05 Å². The number of aliphatic carboxylic acids is 1. The van der Waals surface area contributed by atoms with Crippen molar-refractivity contribution in [2.45, 2.75) is 26.2 Å². The standard InChI is InChI=1S/C17H21N5O2/c1-3-12-6-4-7-14-19-16(13-9-11-21(2)20-13)17(22(12)14)18-10-5-8-15(23)24/h4,6-7,9,11,18H,3,5,8,10H2,1-2H3,(H,23,24). The van der Waals surface area contributed by atoms with Crippen LogP contribution in [-0.4, -0.2) is 36.8 Å². The molecule has 7 heteroatoms. The zero-order chi connectivity index (χ0) is 17.1. The highest BCUT2D eigenvalue weighted by Crippen LogP contribution is 2.29. The minimum atomic E-state index is -0.783. The SMILES string of the molecule is CCc1cccc2nc(-c3ccn(C)n3)c(NCCCC(=O)O)n12. The lowest BCUT2D eigenvalue weighted by molar-refractivity contribution is -0.137. The van der Waals surface area contributed by atoms with Crippen LogP contribution in [-0.2, 0) is 18.3 Å². The fourth-order valence-electron chi connectivity index (χ4n) is 2.77. The van der Waals surface area contributed by atoms with Crippen LogP contribution in [0.5, 0.6) is 0 Å². The van der Waals surface area contributed by atoms with Crippen molar-refractivity contribution in [3.05, 3.63) is 36.2 Å². The van der Waals surface area contributed by atoms with Gasteiger partial charge < -0.3 is 10.4 Å². The summed E-state index contributed by atoms with van der Waals surface area (Å²) in [6.07, 6.45) is 3.45. The number of hydrogen-bond acceptors (Lipinski definition) is 4. The Morgan fingerprint density at radius 2 is 2.17 bits per heavy atom. The minimum Gasteiger partial charge on any atom is -0.481 e. The van der Waals surface area contributed by atoms with Gasteiger partial charge in [-0.3, -0.25) is 13.9 Å². The van der Waals surface area contributed by atoms with Crippen LogP contribution in [0.3, 0.4) is 0 Å². The third kappa shape index (κ3) is 3.10. The molecule has 0 aromatic carbocycles. The van der Waals surface area contributed by atoms with Crippen molar-refractivity contribution in [2.75, 3.05) is 11.9 Å². The molecule has 0 radical (unpaired) electrons. The molecule has 0 amide bonds. The summed E-state index contributed by atoms with van der Waals surface area (Å²) in [5.74, 6) is 0.0840. The summed E-state index contributed by atoms with van der Waals surface area (Å²) < 4.78 is 3.83. The van der Waals surface area contributed by atoms with Gasteiger partial charge in [-0.15, -0.1) is 0 Å². The largest absolute Gasteiger partial charge is 0.481 e. The Morgan fingerprint density at radius 1 is 1.33 bits per heavy atom. The molecular formula is C17H21N5O2. The van der Waals surface area contributed by atoms with Crippen molar-refractivity contribution in [3.63, 3.8) is 0 Å². The van der Waals surface area contributed by atoms with E-state index >= 15 is 0 Å². The van der Waals surface area contributed by atoms with Crippen molar-refractivity contribution in [3.8, 4) is 11.4 Å². The van der Waals surface area contributed by atoms with Gasteiger partial charge in [0.25, 0.3) is 0 Å². The molecule has 0 atom stereocenters. The molecule has 0 spiro atoms. The second-order valence-electron chi connectivity index (χ2n) is 5.67. The van der Waals surface area contributed by atoms with Gasteiger partial charge in [0.05, 0.1) is 0 Å². The topological polar surface area (TPSA) is 84.5 Å². The van der Waals surface area contributed by atoms with E-state index in [1.165, 1.54) is 0 Å². The Kier molecular flexibility index (Phi) is 4.50. The smallest absolute Gasteiger partial charge is 0.303 e. The van der Waals surface area contributed by atoms with E-state index < -0.39 is 5.97 Å².